The standard InChI is InChI=1S/C27H36Cl2N4O/c1-18(20-8-6-7-9-20)16-21(17-30-3)24-11-10-23(25(28)26(24)29)19(2)31-27(34)33(5)22-12-14-32(4)15-13-22/h8,10-11,16-17,19,22H,3,6-7,9,12-15H2,1-2,4-5H3,(H,31,34)/b18-16+,21-17+. The van der Waals surface area contributed by atoms with Gasteiger partial charge in [-0.3, -0.25) is 4.99 Å². The summed E-state index contributed by atoms with van der Waals surface area (Å²) in [6.45, 7) is 9.66. The Bertz CT molecular complexity index is 1010. The Hall–Kier alpha value is -2.08. The Morgan fingerprint density at radius 2 is 2.00 bits per heavy atom. The molecule has 1 unspecified atom stereocenters. The zero-order chi connectivity index (χ0) is 24.8. The lowest BCUT2D eigenvalue weighted by atomic mass is 9.97. The first-order valence-corrected chi connectivity index (χ1v) is 12.7. The van der Waals surface area contributed by atoms with E-state index in [-0.39, 0.29) is 18.1 Å². The number of nitrogens with one attached hydrogen (secondary N) is 1. The molecule has 184 valence electrons. The van der Waals surface area contributed by atoms with Gasteiger partial charge in [-0.25, -0.2) is 4.79 Å². The molecule has 0 spiro atoms. The van der Waals surface area contributed by atoms with E-state index in [2.05, 4.69) is 48.1 Å². The number of hydrogen-bond acceptors (Lipinski definition) is 3. The average Bonchev–Trinajstić information content (AvgIpc) is 3.35. The van der Waals surface area contributed by atoms with Crippen LogP contribution in [0.2, 0.25) is 10.0 Å². The van der Waals surface area contributed by atoms with Crippen LogP contribution in [-0.2, 0) is 0 Å². The molecule has 1 aliphatic carbocycles. The molecule has 1 aromatic carbocycles. The molecule has 5 nitrogen and oxygen atoms in total. The molecule has 0 radical (unpaired) electrons. The Kier molecular flexibility index (Phi) is 9.40. The van der Waals surface area contributed by atoms with Crippen LogP contribution in [-0.4, -0.2) is 55.8 Å². The van der Waals surface area contributed by atoms with Gasteiger partial charge in [0.25, 0.3) is 0 Å². The van der Waals surface area contributed by atoms with E-state index < -0.39 is 0 Å². The number of urea groups is 1. The molecule has 1 atom stereocenters. The molecule has 0 aromatic heterocycles. The SMILES string of the molecule is C=N/C=C(\C=C(/C)C1=CCCC1)c1ccc(C(C)NC(=O)N(C)C2CCN(C)CC2)c(Cl)c1Cl. The Morgan fingerprint density at radius 1 is 1.29 bits per heavy atom. The normalized spacial score (nSPS) is 19.1. The first-order chi connectivity index (χ1) is 16.2. The van der Waals surface area contributed by atoms with Crippen molar-refractivity contribution in [2.24, 2.45) is 4.99 Å². The number of likely N-dealkylation sites (tertiary alicyclic amines) is 1. The molecule has 0 saturated carbocycles. The lowest BCUT2D eigenvalue weighted by molar-refractivity contribution is 0.146. The number of benzene rings is 1. The third kappa shape index (κ3) is 6.32. The lowest BCUT2D eigenvalue weighted by Crippen LogP contribution is -2.48. The molecule has 1 aromatic rings. The van der Waals surface area contributed by atoms with Gasteiger partial charge in [0, 0.05) is 30.4 Å². The van der Waals surface area contributed by atoms with Crippen LogP contribution in [0.4, 0.5) is 4.79 Å². The minimum Gasteiger partial charge on any atom is -0.331 e. The fourth-order valence-corrected chi connectivity index (χ4v) is 5.28. The highest BCUT2D eigenvalue weighted by atomic mass is 35.5. The topological polar surface area (TPSA) is 47.9 Å². The van der Waals surface area contributed by atoms with Crippen LogP contribution in [0.3, 0.4) is 0 Å². The van der Waals surface area contributed by atoms with Gasteiger partial charge in [0.05, 0.1) is 16.1 Å². The number of aliphatic imine (C=N–C) groups is 1. The van der Waals surface area contributed by atoms with Crippen LogP contribution in [0, 0.1) is 0 Å². The van der Waals surface area contributed by atoms with E-state index in [0.717, 1.165) is 55.5 Å². The Balaban J connectivity index is 1.77. The molecular weight excluding hydrogens is 467 g/mol. The van der Waals surface area contributed by atoms with Crippen molar-refractivity contribution < 1.29 is 4.79 Å². The largest absolute Gasteiger partial charge is 0.331 e. The van der Waals surface area contributed by atoms with E-state index in [4.69, 9.17) is 23.2 Å². The van der Waals surface area contributed by atoms with Gasteiger partial charge in [-0.2, -0.15) is 0 Å². The van der Waals surface area contributed by atoms with Crippen molar-refractivity contribution in [1.29, 1.82) is 0 Å². The second kappa shape index (κ2) is 12.1. The highest BCUT2D eigenvalue weighted by Gasteiger charge is 2.26. The zero-order valence-corrected chi connectivity index (χ0v) is 22.2. The van der Waals surface area contributed by atoms with E-state index in [1.54, 1.807) is 6.20 Å². The summed E-state index contributed by atoms with van der Waals surface area (Å²) in [5.74, 6) is 0. The number of carbonyl (C=O) groups is 1. The molecule has 2 aliphatic rings. The van der Waals surface area contributed by atoms with Crippen LogP contribution in [0.25, 0.3) is 5.57 Å². The first kappa shape index (κ1) is 26.5. The predicted molar refractivity (Wildman–Crippen MR) is 145 cm³/mol. The van der Waals surface area contributed by atoms with E-state index in [9.17, 15) is 4.79 Å². The van der Waals surface area contributed by atoms with Gasteiger partial charge in [0.1, 0.15) is 0 Å². The number of rotatable bonds is 7. The van der Waals surface area contributed by atoms with Crippen molar-refractivity contribution in [3.63, 3.8) is 0 Å². The highest BCUT2D eigenvalue weighted by Crippen LogP contribution is 2.37. The summed E-state index contributed by atoms with van der Waals surface area (Å²) in [7, 11) is 3.98. The second-order valence-electron chi connectivity index (χ2n) is 9.36. The van der Waals surface area contributed by atoms with Crippen LogP contribution in [0.1, 0.15) is 63.1 Å². The second-order valence-corrected chi connectivity index (χ2v) is 10.1. The number of halogens is 2. The van der Waals surface area contributed by atoms with Crippen LogP contribution >= 0.6 is 23.2 Å². The molecule has 2 amide bonds. The fraction of sp³-hybridized carbons (Fsp3) is 0.481. The van der Waals surface area contributed by atoms with Gasteiger partial charge >= 0.3 is 6.03 Å². The highest BCUT2D eigenvalue weighted by molar-refractivity contribution is 6.43. The molecule has 0 bridgehead atoms. The van der Waals surface area contributed by atoms with Crippen LogP contribution in [0.15, 0.2) is 46.6 Å². The van der Waals surface area contributed by atoms with Crippen LogP contribution < -0.4 is 5.32 Å². The van der Waals surface area contributed by atoms with Gasteiger partial charge in [0.2, 0.25) is 0 Å². The summed E-state index contributed by atoms with van der Waals surface area (Å²) < 4.78 is 0. The van der Waals surface area contributed by atoms with E-state index in [1.807, 2.05) is 31.0 Å². The summed E-state index contributed by atoms with van der Waals surface area (Å²) in [6.07, 6.45) is 11.4. The molecule has 1 saturated heterocycles. The van der Waals surface area contributed by atoms with Crippen LogP contribution in [0.5, 0.6) is 0 Å². The smallest absolute Gasteiger partial charge is 0.317 e. The van der Waals surface area contributed by atoms with Crippen molar-refractivity contribution in [2.45, 2.75) is 58.0 Å². The summed E-state index contributed by atoms with van der Waals surface area (Å²) in [5.41, 5.74) is 4.99. The summed E-state index contributed by atoms with van der Waals surface area (Å²) in [5, 5.41) is 3.97. The minimum atomic E-state index is -0.286. The fourth-order valence-electron chi connectivity index (χ4n) is 4.67. The summed E-state index contributed by atoms with van der Waals surface area (Å²) in [6, 6.07) is 3.73. The number of amides is 2. The third-order valence-corrected chi connectivity index (χ3v) is 7.83. The number of nitrogens with zero attached hydrogens (tertiary/aromatic N) is 3. The molecule has 1 heterocycles. The lowest BCUT2D eigenvalue weighted by Gasteiger charge is -2.35. The Morgan fingerprint density at radius 3 is 2.62 bits per heavy atom. The number of hydrogen-bond donors (Lipinski definition) is 1. The van der Waals surface area contributed by atoms with E-state index in [0.29, 0.717) is 10.0 Å². The maximum atomic E-state index is 12.9. The first-order valence-electron chi connectivity index (χ1n) is 12.0. The van der Waals surface area contributed by atoms with E-state index >= 15 is 0 Å². The average molecular weight is 504 g/mol. The molecule has 1 N–H and O–H groups in total. The number of carbonyl (C=O) groups excluding carboxylic acids is 1. The quantitative estimate of drug-likeness (QED) is 0.325. The van der Waals surface area contributed by atoms with Crippen molar-refractivity contribution in [2.75, 3.05) is 27.2 Å². The minimum absolute atomic E-state index is 0.0989. The van der Waals surface area contributed by atoms with Crippen molar-refractivity contribution in [3.8, 4) is 0 Å². The third-order valence-electron chi connectivity index (χ3n) is 6.94. The van der Waals surface area contributed by atoms with Crippen molar-refractivity contribution in [3.05, 3.63) is 62.8 Å². The zero-order valence-electron chi connectivity index (χ0n) is 20.7. The number of allylic oxidation sites excluding steroid dienone is 5. The molecule has 34 heavy (non-hydrogen) atoms. The molecule has 1 fully saturated rings. The van der Waals surface area contributed by atoms with Gasteiger partial charge in [-0.05, 0) is 95.6 Å². The molecular formula is C27H36Cl2N4O. The van der Waals surface area contributed by atoms with Gasteiger partial charge in [-0.15, -0.1) is 0 Å². The molecule has 1 aliphatic heterocycles. The van der Waals surface area contributed by atoms with E-state index in [1.165, 1.54) is 17.6 Å². The van der Waals surface area contributed by atoms with Crippen molar-refractivity contribution >= 4 is 41.5 Å². The maximum absolute atomic E-state index is 12.9. The predicted octanol–water partition coefficient (Wildman–Crippen LogP) is 6.89. The van der Waals surface area contributed by atoms with Crippen molar-refractivity contribution in [1.82, 2.24) is 15.1 Å². The Labute approximate surface area is 214 Å². The van der Waals surface area contributed by atoms with Gasteiger partial charge in [-0.1, -0.05) is 41.4 Å². The van der Waals surface area contributed by atoms with Gasteiger partial charge in [0.15, 0.2) is 0 Å². The molecule has 3 rings (SSSR count). The maximum Gasteiger partial charge on any atom is 0.317 e. The van der Waals surface area contributed by atoms with Gasteiger partial charge < -0.3 is 15.1 Å². The number of piperidine rings is 1. The summed E-state index contributed by atoms with van der Waals surface area (Å²) >= 11 is 13.5. The molecule has 7 heteroatoms. The monoisotopic (exact) mass is 502 g/mol. The summed E-state index contributed by atoms with van der Waals surface area (Å²) in [4.78, 5) is 21.0.